The van der Waals surface area contributed by atoms with Gasteiger partial charge in [0.1, 0.15) is 0 Å². The van der Waals surface area contributed by atoms with Gasteiger partial charge in [0.15, 0.2) is 0 Å². The maximum atomic E-state index is 12.7. The second-order valence-corrected chi connectivity index (χ2v) is 11.1. The summed E-state index contributed by atoms with van der Waals surface area (Å²) in [6.45, 7) is 9.26. The number of piperidine rings is 1. The van der Waals surface area contributed by atoms with E-state index in [9.17, 15) is 4.79 Å². The summed E-state index contributed by atoms with van der Waals surface area (Å²) in [6, 6.07) is 10.6. The molecule has 1 aromatic rings. The van der Waals surface area contributed by atoms with Crippen molar-refractivity contribution in [2.24, 2.45) is 28.6 Å². The molecule has 1 amide bonds. The number of rotatable bonds is 7. The highest BCUT2D eigenvalue weighted by Gasteiger charge is 2.58. The van der Waals surface area contributed by atoms with Crippen molar-refractivity contribution in [1.82, 2.24) is 10.2 Å². The fourth-order valence-electron chi connectivity index (χ4n) is 6.61. The van der Waals surface area contributed by atoms with Gasteiger partial charge in [0.25, 0.3) is 0 Å². The lowest BCUT2D eigenvalue weighted by Crippen LogP contribution is -2.50. The van der Waals surface area contributed by atoms with Gasteiger partial charge in [-0.25, -0.2) is 0 Å². The molecule has 3 fully saturated rings. The minimum Gasteiger partial charge on any atom is -0.356 e. The average Bonchev–Trinajstić information content (AvgIpc) is 3.47. The molecular weight excluding hydrogens is 368 g/mol. The molecule has 30 heavy (non-hydrogen) atoms. The van der Waals surface area contributed by atoms with E-state index in [1.807, 2.05) is 0 Å². The number of aryl methyl sites for hydroxylation is 1. The van der Waals surface area contributed by atoms with E-state index in [0.717, 1.165) is 37.6 Å². The SMILES string of the molecule is CC1(C)[C@H]2CC=C(CN3CCC4(CC3)C[C@H]4C(=O)NCCCc3ccccc3)[C@@H]1C2. The maximum absolute atomic E-state index is 12.7. The number of allylic oxidation sites excluding steroid dienone is 1. The van der Waals surface area contributed by atoms with Crippen molar-refractivity contribution in [3.63, 3.8) is 0 Å². The van der Waals surface area contributed by atoms with Crippen molar-refractivity contribution >= 4 is 5.91 Å². The molecule has 2 saturated carbocycles. The third-order valence-electron chi connectivity index (χ3n) is 9.13. The van der Waals surface area contributed by atoms with Crippen LogP contribution < -0.4 is 5.32 Å². The number of nitrogens with zero attached hydrogens (tertiary/aromatic N) is 1. The van der Waals surface area contributed by atoms with Crippen LogP contribution in [0.5, 0.6) is 0 Å². The molecule has 2 bridgehead atoms. The maximum Gasteiger partial charge on any atom is 0.223 e. The van der Waals surface area contributed by atoms with Crippen LogP contribution in [0.25, 0.3) is 0 Å². The predicted molar refractivity (Wildman–Crippen MR) is 122 cm³/mol. The van der Waals surface area contributed by atoms with Crippen LogP contribution in [0.2, 0.25) is 0 Å². The van der Waals surface area contributed by atoms with Crippen LogP contribution >= 0.6 is 0 Å². The standard InChI is InChI=1S/C27H38N2O/c1-26(2)22-11-10-21(23(26)17-22)19-29-15-12-27(13-16-29)18-24(27)25(30)28-14-6-9-20-7-4-3-5-8-20/h3-5,7-8,10,22-24H,6,9,11-19H2,1-2H3,(H,28,30)/t22-,23-,24-/m0/s1. The minimum absolute atomic E-state index is 0.275. The van der Waals surface area contributed by atoms with E-state index in [4.69, 9.17) is 0 Å². The van der Waals surface area contributed by atoms with Gasteiger partial charge in [-0.15, -0.1) is 0 Å². The first kappa shape index (κ1) is 20.3. The summed E-state index contributed by atoms with van der Waals surface area (Å²) in [5.41, 5.74) is 3.92. The summed E-state index contributed by atoms with van der Waals surface area (Å²) in [4.78, 5) is 15.3. The predicted octanol–water partition coefficient (Wildman–Crippen LogP) is 4.83. The fourth-order valence-corrected chi connectivity index (χ4v) is 6.61. The van der Waals surface area contributed by atoms with Crippen molar-refractivity contribution in [3.8, 4) is 0 Å². The Balaban J connectivity index is 1.03. The van der Waals surface area contributed by atoms with Gasteiger partial charge in [-0.05, 0) is 86.3 Å². The largest absolute Gasteiger partial charge is 0.356 e. The van der Waals surface area contributed by atoms with Gasteiger partial charge >= 0.3 is 0 Å². The Morgan fingerprint density at radius 1 is 1.17 bits per heavy atom. The molecule has 0 aromatic heterocycles. The first-order chi connectivity index (χ1) is 14.5. The van der Waals surface area contributed by atoms with E-state index >= 15 is 0 Å². The Morgan fingerprint density at radius 2 is 1.93 bits per heavy atom. The Hall–Kier alpha value is -1.61. The van der Waals surface area contributed by atoms with Crippen LogP contribution in [0.15, 0.2) is 42.0 Å². The van der Waals surface area contributed by atoms with Gasteiger partial charge < -0.3 is 5.32 Å². The first-order valence-electron chi connectivity index (χ1n) is 12.2. The summed E-state index contributed by atoms with van der Waals surface area (Å²) in [5, 5.41) is 3.22. The summed E-state index contributed by atoms with van der Waals surface area (Å²) in [6.07, 6.45) is 10.9. The van der Waals surface area contributed by atoms with Crippen LogP contribution in [-0.2, 0) is 11.2 Å². The van der Waals surface area contributed by atoms with E-state index in [-0.39, 0.29) is 5.92 Å². The van der Waals surface area contributed by atoms with Crippen molar-refractivity contribution < 1.29 is 4.79 Å². The normalized spacial score (nSPS) is 31.0. The second-order valence-electron chi connectivity index (χ2n) is 11.1. The van der Waals surface area contributed by atoms with Crippen molar-refractivity contribution in [1.29, 1.82) is 0 Å². The van der Waals surface area contributed by atoms with Crippen molar-refractivity contribution in [2.45, 2.75) is 58.8 Å². The van der Waals surface area contributed by atoms with Crippen LogP contribution in [0, 0.1) is 28.6 Å². The minimum atomic E-state index is 0.275. The Bertz CT molecular complexity index is 803. The van der Waals surface area contributed by atoms with E-state index < -0.39 is 0 Å². The summed E-state index contributed by atoms with van der Waals surface area (Å²) < 4.78 is 0. The molecule has 6 rings (SSSR count). The van der Waals surface area contributed by atoms with E-state index in [0.29, 0.717) is 16.7 Å². The van der Waals surface area contributed by atoms with E-state index in [2.05, 4.69) is 60.5 Å². The zero-order valence-corrected chi connectivity index (χ0v) is 18.8. The number of nitrogens with one attached hydrogen (secondary N) is 1. The van der Waals surface area contributed by atoms with Gasteiger partial charge in [-0.3, -0.25) is 9.69 Å². The second kappa shape index (κ2) is 7.82. The van der Waals surface area contributed by atoms with Gasteiger partial charge in [0.05, 0.1) is 0 Å². The van der Waals surface area contributed by atoms with Crippen LogP contribution in [-0.4, -0.2) is 37.0 Å². The highest BCUT2D eigenvalue weighted by Crippen LogP contribution is 2.61. The summed E-state index contributed by atoms with van der Waals surface area (Å²) in [7, 11) is 0. The molecular formula is C27H38N2O. The Labute approximate surface area is 182 Å². The quantitative estimate of drug-likeness (QED) is 0.520. The Kier molecular flexibility index (Phi) is 5.29. The number of fused-ring (bicyclic) bond motifs is 1. The lowest BCUT2D eigenvalue weighted by atomic mass is 9.49. The molecule has 1 aromatic carbocycles. The molecule has 1 N–H and O–H groups in total. The molecule has 3 heteroatoms. The molecule has 162 valence electrons. The molecule has 4 aliphatic carbocycles. The smallest absolute Gasteiger partial charge is 0.223 e. The number of likely N-dealkylation sites (tertiary alicyclic amines) is 1. The average molecular weight is 407 g/mol. The van der Waals surface area contributed by atoms with Crippen molar-refractivity contribution in [3.05, 3.63) is 47.5 Å². The molecule has 0 radical (unpaired) electrons. The van der Waals surface area contributed by atoms with Gasteiger partial charge in [0.2, 0.25) is 5.91 Å². The molecule has 0 unspecified atom stereocenters. The van der Waals surface area contributed by atoms with Gasteiger partial charge in [0, 0.05) is 19.0 Å². The number of carbonyl (C=O) groups excluding carboxylic acids is 1. The third kappa shape index (κ3) is 3.75. The number of hydrogen-bond donors (Lipinski definition) is 1. The zero-order chi connectivity index (χ0) is 20.8. The first-order valence-corrected chi connectivity index (χ1v) is 12.2. The monoisotopic (exact) mass is 406 g/mol. The van der Waals surface area contributed by atoms with Gasteiger partial charge in [-0.1, -0.05) is 55.8 Å². The topological polar surface area (TPSA) is 32.3 Å². The van der Waals surface area contributed by atoms with Gasteiger partial charge in [-0.2, -0.15) is 0 Å². The zero-order valence-electron chi connectivity index (χ0n) is 18.8. The summed E-state index contributed by atoms with van der Waals surface area (Å²) >= 11 is 0. The third-order valence-corrected chi connectivity index (χ3v) is 9.13. The summed E-state index contributed by atoms with van der Waals surface area (Å²) in [5.74, 6) is 2.34. The molecule has 1 aliphatic heterocycles. The number of benzene rings is 1. The fraction of sp³-hybridized carbons (Fsp3) is 0.667. The van der Waals surface area contributed by atoms with Crippen LogP contribution in [0.1, 0.15) is 57.9 Å². The molecule has 3 nitrogen and oxygen atoms in total. The lowest BCUT2D eigenvalue weighted by Gasteiger charge is -2.57. The van der Waals surface area contributed by atoms with Crippen LogP contribution in [0.4, 0.5) is 0 Å². The highest BCUT2D eigenvalue weighted by molar-refractivity contribution is 5.82. The van der Waals surface area contributed by atoms with E-state index in [1.165, 1.54) is 50.9 Å². The molecule has 1 saturated heterocycles. The number of carbonyl (C=O) groups is 1. The van der Waals surface area contributed by atoms with E-state index in [1.54, 1.807) is 5.57 Å². The van der Waals surface area contributed by atoms with Crippen LogP contribution in [0.3, 0.4) is 0 Å². The molecule has 5 aliphatic rings. The number of hydrogen-bond acceptors (Lipinski definition) is 2. The molecule has 3 atom stereocenters. The van der Waals surface area contributed by atoms with Crippen molar-refractivity contribution in [2.75, 3.05) is 26.2 Å². The molecule has 1 spiro atoms. The number of amides is 1. The highest BCUT2D eigenvalue weighted by atomic mass is 16.2. The molecule has 1 heterocycles. The lowest BCUT2D eigenvalue weighted by molar-refractivity contribution is -0.123. The Morgan fingerprint density at radius 3 is 2.63 bits per heavy atom.